The maximum Gasteiger partial charge on any atom is 0.240 e. The first-order valence-corrected chi connectivity index (χ1v) is 9.66. The molecule has 1 aliphatic rings. The average Bonchev–Trinajstić information content (AvgIpc) is 2.44. The van der Waals surface area contributed by atoms with Gasteiger partial charge in [0, 0.05) is 12.1 Å². The number of nitrogens with one attached hydrogen (secondary N) is 1. The first-order chi connectivity index (χ1) is 9.94. The fraction of sp³-hybridized carbons (Fsp3) is 0.600. The molecule has 118 valence electrons. The van der Waals surface area contributed by atoms with Gasteiger partial charge in [0.25, 0.3) is 0 Å². The van der Waals surface area contributed by atoms with Gasteiger partial charge in [0.1, 0.15) is 5.75 Å². The van der Waals surface area contributed by atoms with Crippen molar-refractivity contribution < 1.29 is 13.2 Å². The van der Waals surface area contributed by atoms with Gasteiger partial charge in [0.15, 0.2) is 0 Å². The molecular weight excluding hydrogens is 354 g/mol. The minimum absolute atomic E-state index is 0.0305. The van der Waals surface area contributed by atoms with Gasteiger partial charge >= 0.3 is 0 Å². The van der Waals surface area contributed by atoms with Crippen LogP contribution >= 0.6 is 15.9 Å². The van der Waals surface area contributed by atoms with Crippen LogP contribution < -0.4 is 9.46 Å². The lowest BCUT2D eigenvalue weighted by Gasteiger charge is -2.29. The minimum atomic E-state index is -3.50. The zero-order chi connectivity index (χ0) is 15.5. The Morgan fingerprint density at radius 2 is 2.05 bits per heavy atom. The van der Waals surface area contributed by atoms with Crippen LogP contribution in [0.2, 0.25) is 0 Å². The van der Waals surface area contributed by atoms with Crippen LogP contribution in [0, 0.1) is 5.92 Å². The summed E-state index contributed by atoms with van der Waals surface area (Å²) in [7, 11) is -3.50. The molecule has 0 radical (unpaired) electrons. The molecule has 0 bridgehead atoms. The van der Waals surface area contributed by atoms with Gasteiger partial charge in [-0.1, -0.05) is 19.8 Å². The van der Waals surface area contributed by atoms with E-state index in [2.05, 4.69) is 27.6 Å². The molecule has 21 heavy (non-hydrogen) atoms. The number of halogens is 1. The molecule has 0 amide bonds. The third-order valence-electron chi connectivity index (χ3n) is 3.93. The van der Waals surface area contributed by atoms with Gasteiger partial charge in [-0.3, -0.25) is 0 Å². The van der Waals surface area contributed by atoms with Crippen LogP contribution in [0.15, 0.2) is 27.6 Å². The Bertz CT molecular complexity index is 589. The SMILES string of the molecule is CCOc1cc(S(=O)(=O)NC2CCCCC2C)ccc1Br. The smallest absolute Gasteiger partial charge is 0.240 e. The molecule has 1 saturated carbocycles. The van der Waals surface area contributed by atoms with E-state index >= 15 is 0 Å². The van der Waals surface area contributed by atoms with Crippen molar-refractivity contribution in [3.05, 3.63) is 22.7 Å². The highest BCUT2D eigenvalue weighted by molar-refractivity contribution is 9.10. The van der Waals surface area contributed by atoms with E-state index in [0.29, 0.717) is 18.3 Å². The van der Waals surface area contributed by atoms with Crippen LogP contribution in [0.1, 0.15) is 39.5 Å². The van der Waals surface area contributed by atoms with Crippen LogP contribution in [0.25, 0.3) is 0 Å². The van der Waals surface area contributed by atoms with E-state index in [9.17, 15) is 8.42 Å². The van der Waals surface area contributed by atoms with E-state index in [0.717, 1.165) is 23.7 Å². The highest BCUT2D eigenvalue weighted by Crippen LogP contribution is 2.29. The van der Waals surface area contributed by atoms with E-state index in [1.807, 2.05) is 6.92 Å². The number of rotatable bonds is 5. The lowest BCUT2D eigenvalue weighted by Crippen LogP contribution is -2.40. The first kappa shape index (κ1) is 16.8. The van der Waals surface area contributed by atoms with Crippen LogP contribution in [0.4, 0.5) is 0 Å². The fourth-order valence-corrected chi connectivity index (χ4v) is 4.43. The van der Waals surface area contributed by atoms with Crippen LogP contribution in [0.3, 0.4) is 0 Å². The van der Waals surface area contributed by atoms with E-state index in [1.54, 1.807) is 18.2 Å². The van der Waals surface area contributed by atoms with Crippen LogP contribution in [-0.2, 0) is 10.0 Å². The van der Waals surface area contributed by atoms with Crippen molar-refractivity contribution in [2.75, 3.05) is 6.61 Å². The topological polar surface area (TPSA) is 55.4 Å². The fourth-order valence-electron chi connectivity index (χ4n) is 2.68. The van der Waals surface area contributed by atoms with Gasteiger partial charge in [-0.25, -0.2) is 13.1 Å². The van der Waals surface area contributed by atoms with Gasteiger partial charge in [-0.2, -0.15) is 0 Å². The lowest BCUT2D eigenvalue weighted by atomic mass is 9.87. The molecule has 0 spiro atoms. The molecule has 0 saturated heterocycles. The summed E-state index contributed by atoms with van der Waals surface area (Å²) in [5.41, 5.74) is 0. The van der Waals surface area contributed by atoms with E-state index in [1.165, 1.54) is 6.42 Å². The second-order valence-corrected chi connectivity index (χ2v) is 8.08. The average molecular weight is 376 g/mol. The Balaban J connectivity index is 2.20. The Hall–Kier alpha value is -0.590. The third-order valence-corrected chi connectivity index (χ3v) is 6.07. The third kappa shape index (κ3) is 4.20. The summed E-state index contributed by atoms with van der Waals surface area (Å²) in [6.07, 6.45) is 4.27. The molecule has 2 atom stereocenters. The van der Waals surface area contributed by atoms with Gasteiger partial charge in [0.2, 0.25) is 10.0 Å². The molecule has 1 aromatic rings. The summed E-state index contributed by atoms with van der Waals surface area (Å²) in [6, 6.07) is 4.92. The summed E-state index contributed by atoms with van der Waals surface area (Å²) < 4.78 is 34.1. The first-order valence-electron chi connectivity index (χ1n) is 7.38. The van der Waals surface area contributed by atoms with Crippen molar-refractivity contribution >= 4 is 26.0 Å². The number of ether oxygens (including phenoxy) is 1. The highest BCUT2D eigenvalue weighted by Gasteiger charge is 2.27. The summed E-state index contributed by atoms with van der Waals surface area (Å²) in [5.74, 6) is 0.937. The standard InChI is InChI=1S/C15H22BrNO3S/c1-3-20-15-10-12(8-9-13(15)16)21(18,19)17-14-7-5-4-6-11(14)2/h8-11,14,17H,3-7H2,1-2H3. The van der Waals surface area contributed by atoms with Crippen molar-refractivity contribution in [1.82, 2.24) is 4.72 Å². The lowest BCUT2D eigenvalue weighted by molar-refractivity contribution is 0.310. The monoisotopic (exact) mass is 375 g/mol. The molecule has 1 aromatic carbocycles. The van der Waals surface area contributed by atoms with Crippen LogP contribution in [0.5, 0.6) is 5.75 Å². The summed E-state index contributed by atoms with van der Waals surface area (Å²) >= 11 is 3.37. The van der Waals surface area contributed by atoms with Crippen molar-refractivity contribution in [2.24, 2.45) is 5.92 Å². The normalized spacial score (nSPS) is 23.0. The Labute approximate surface area is 135 Å². The zero-order valence-corrected chi connectivity index (χ0v) is 14.8. The second-order valence-electron chi connectivity index (χ2n) is 5.51. The Morgan fingerprint density at radius 1 is 1.33 bits per heavy atom. The number of hydrogen-bond acceptors (Lipinski definition) is 3. The Morgan fingerprint density at radius 3 is 2.71 bits per heavy atom. The summed E-state index contributed by atoms with van der Waals surface area (Å²) in [6.45, 7) is 4.48. The molecule has 2 unspecified atom stereocenters. The molecule has 0 aromatic heterocycles. The van der Waals surface area contributed by atoms with E-state index in [-0.39, 0.29) is 10.9 Å². The maximum absolute atomic E-state index is 12.5. The van der Waals surface area contributed by atoms with Crippen LogP contribution in [-0.4, -0.2) is 21.1 Å². The Kier molecular flexibility index (Phi) is 5.68. The summed E-state index contributed by atoms with van der Waals surface area (Å²) in [4.78, 5) is 0.256. The zero-order valence-electron chi connectivity index (χ0n) is 12.4. The van der Waals surface area contributed by atoms with Gasteiger partial charge in [-0.05, 0) is 53.7 Å². The molecule has 0 aliphatic heterocycles. The highest BCUT2D eigenvalue weighted by atomic mass is 79.9. The molecule has 1 fully saturated rings. The summed E-state index contributed by atoms with van der Waals surface area (Å²) in [5, 5.41) is 0. The predicted octanol–water partition coefficient (Wildman–Crippen LogP) is 3.70. The quantitative estimate of drug-likeness (QED) is 0.853. The van der Waals surface area contributed by atoms with Crippen molar-refractivity contribution in [3.8, 4) is 5.75 Å². The number of sulfonamides is 1. The predicted molar refractivity (Wildman–Crippen MR) is 87.1 cm³/mol. The van der Waals surface area contributed by atoms with Crippen molar-refractivity contribution in [2.45, 2.75) is 50.5 Å². The molecule has 4 nitrogen and oxygen atoms in total. The van der Waals surface area contributed by atoms with Crippen molar-refractivity contribution in [1.29, 1.82) is 0 Å². The molecule has 1 aliphatic carbocycles. The molecular formula is C15H22BrNO3S. The maximum atomic E-state index is 12.5. The number of benzene rings is 1. The largest absolute Gasteiger partial charge is 0.493 e. The molecule has 2 rings (SSSR count). The van der Waals surface area contributed by atoms with Crippen molar-refractivity contribution in [3.63, 3.8) is 0 Å². The van der Waals surface area contributed by atoms with E-state index < -0.39 is 10.0 Å². The molecule has 6 heteroatoms. The minimum Gasteiger partial charge on any atom is -0.493 e. The number of hydrogen-bond donors (Lipinski definition) is 1. The van der Waals surface area contributed by atoms with Gasteiger partial charge < -0.3 is 4.74 Å². The van der Waals surface area contributed by atoms with Gasteiger partial charge in [0.05, 0.1) is 16.0 Å². The molecule has 0 heterocycles. The van der Waals surface area contributed by atoms with E-state index in [4.69, 9.17) is 4.74 Å². The second kappa shape index (κ2) is 7.11. The molecule has 1 N–H and O–H groups in total. The van der Waals surface area contributed by atoms with Gasteiger partial charge in [-0.15, -0.1) is 0 Å².